The van der Waals surface area contributed by atoms with E-state index < -0.39 is 0 Å². The molecule has 1 aliphatic heterocycles. The van der Waals surface area contributed by atoms with E-state index >= 15 is 0 Å². The molecule has 3 atom stereocenters. The number of H-pyrrole nitrogens is 1. The third-order valence-electron chi connectivity index (χ3n) is 5.98. The number of nitrogens with one attached hydrogen (secondary N) is 1. The molecule has 32 heavy (non-hydrogen) atoms. The quantitative estimate of drug-likeness (QED) is 0.429. The van der Waals surface area contributed by atoms with Crippen molar-refractivity contribution in [1.29, 1.82) is 0 Å². The molecular formula is C25H31N5O2. The van der Waals surface area contributed by atoms with E-state index in [-0.39, 0.29) is 23.4 Å². The van der Waals surface area contributed by atoms with Gasteiger partial charge in [0.2, 0.25) is 0 Å². The van der Waals surface area contributed by atoms with Gasteiger partial charge in [-0.3, -0.25) is 9.94 Å². The molecule has 7 heteroatoms. The highest BCUT2D eigenvalue weighted by molar-refractivity contribution is 5.89. The standard InChI is InChI=1S/C25H31N5O2/c1-17(29-31-5)22-21(24-26-16-27-28-24)23(19-11-13-20(14-12-19)25(2,3)4)30(22)32-15-18-9-7-6-8-10-18/h6-14,16,21-23H,15H2,1-5H3,(H,26,27,28). The summed E-state index contributed by atoms with van der Waals surface area (Å²) in [5.74, 6) is 0.817. The monoisotopic (exact) mass is 433 g/mol. The van der Waals surface area contributed by atoms with Gasteiger partial charge in [0.1, 0.15) is 19.3 Å². The van der Waals surface area contributed by atoms with Crippen molar-refractivity contribution in [2.75, 3.05) is 7.11 Å². The molecule has 1 N–H and O–H groups in total. The lowest BCUT2D eigenvalue weighted by Gasteiger charge is -2.52. The minimum absolute atomic E-state index is 0.00709. The number of nitrogens with zero attached hydrogens (tertiary/aromatic N) is 4. The Kier molecular flexibility index (Phi) is 6.39. The second-order valence-corrected chi connectivity index (χ2v) is 9.19. The molecule has 1 saturated heterocycles. The van der Waals surface area contributed by atoms with Crippen molar-refractivity contribution in [2.45, 2.75) is 57.7 Å². The number of aromatic nitrogens is 3. The summed E-state index contributed by atoms with van der Waals surface area (Å²) in [6.45, 7) is 9.09. The van der Waals surface area contributed by atoms with Gasteiger partial charge in [-0.1, -0.05) is 80.5 Å². The SMILES string of the molecule is CON=C(C)C1C(c2ncn[nH]2)C(c2ccc(C(C)(C)C)cc2)N1OCc1ccccc1. The number of hydrogen-bond donors (Lipinski definition) is 1. The minimum atomic E-state index is -0.126. The van der Waals surface area contributed by atoms with E-state index in [1.54, 1.807) is 13.4 Å². The van der Waals surface area contributed by atoms with Gasteiger partial charge in [-0.2, -0.15) is 10.2 Å². The van der Waals surface area contributed by atoms with Crippen LogP contribution in [0.3, 0.4) is 0 Å². The number of hydrogen-bond acceptors (Lipinski definition) is 6. The van der Waals surface area contributed by atoms with Gasteiger partial charge in [-0.25, -0.2) is 4.98 Å². The first kappa shape index (κ1) is 22.2. The molecule has 2 aromatic carbocycles. The molecule has 1 aromatic heterocycles. The van der Waals surface area contributed by atoms with E-state index in [1.165, 1.54) is 5.56 Å². The van der Waals surface area contributed by atoms with Gasteiger partial charge in [0.05, 0.1) is 30.3 Å². The molecule has 0 amide bonds. The van der Waals surface area contributed by atoms with Crippen molar-refractivity contribution in [1.82, 2.24) is 20.2 Å². The Balaban J connectivity index is 1.69. The van der Waals surface area contributed by atoms with Gasteiger partial charge >= 0.3 is 0 Å². The van der Waals surface area contributed by atoms with E-state index in [2.05, 4.69) is 77.5 Å². The fourth-order valence-corrected chi connectivity index (χ4v) is 4.30. The van der Waals surface area contributed by atoms with E-state index in [1.807, 2.05) is 30.2 Å². The molecule has 4 rings (SSSR count). The molecule has 0 aliphatic carbocycles. The van der Waals surface area contributed by atoms with Crippen LogP contribution in [0.1, 0.15) is 62.2 Å². The average molecular weight is 434 g/mol. The van der Waals surface area contributed by atoms with Crippen LogP contribution >= 0.6 is 0 Å². The van der Waals surface area contributed by atoms with Crippen molar-refractivity contribution in [3.63, 3.8) is 0 Å². The topological polar surface area (TPSA) is 75.6 Å². The highest BCUT2D eigenvalue weighted by Gasteiger charge is 2.54. The first-order valence-corrected chi connectivity index (χ1v) is 10.9. The summed E-state index contributed by atoms with van der Waals surface area (Å²) < 4.78 is 0. The van der Waals surface area contributed by atoms with Gasteiger partial charge in [0, 0.05) is 0 Å². The maximum Gasteiger partial charge on any atom is 0.137 e. The molecule has 0 spiro atoms. The molecule has 3 aromatic rings. The lowest BCUT2D eigenvalue weighted by molar-refractivity contribution is -0.272. The minimum Gasteiger partial charge on any atom is -0.399 e. The summed E-state index contributed by atoms with van der Waals surface area (Å²) in [5, 5.41) is 13.4. The number of oxime groups is 1. The predicted octanol–water partition coefficient (Wildman–Crippen LogP) is 4.77. The highest BCUT2D eigenvalue weighted by atomic mass is 16.7. The van der Waals surface area contributed by atoms with Crippen LogP contribution in [0.25, 0.3) is 0 Å². The zero-order valence-electron chi connectivity index (χ0n) is 19.3. The normalized spacial score (nSPS) is 21.9. The van der Waals surface area contributed by atoms with Crippen LogP contribution in [-0.2, 0) is 21.7 Å². The van der Waals surface area contributed by atoms with Crippen molar-refractivity contribution in [3.8, 4) is 0 Å². The van der Waals surface area contributed by atoms with Gasteiger partial charge < -0.3 is 4.84 Å². The lowest BCUT2D eigenvalue weighted by atomic mass is 9.75. The molecule has 2 heterocycles. The molecule has 3 unspecified atom stereocenters. The lowest BCUT2D eigenvalue weighted by Crippen LogP contribution is -2.59. The summed E-state index contributed by atoms with van der Waals surface area (Å²) in [7, 11) is 1.56. The van der Waals surface area contributed by atoms with Crippen molar-refractivity contribution in [3.05, 3.63) is 83.4 Å². The number of rotatable bonds is 7. The Bertz CT molecular complexity index is 1030. The Hall–Kier alpha value is -3.03. The molecule has 0 radical (unpaired) electrons. The van der Waals surface area contributed by atoms with Crippen molar-refractivity contribution in [2.24, 2.45) is 5.16 Å². The molecule has 7 nitrogen and oxygen atoms in total. The molecule has 1 fully saturated rings. The van der Waals surface area contributed by atoms with E-state index in [0.29, 0.717) is 6.61 Å². The van der Waals surface area contributed by atoms with Crippen molar-refractivity contribution < 1.29 is 9.68 Å². The Labute approximate surface area is 189 Å². The summed E-state index contributed by atoms with van der Waals surface area (Å²) in [6.07, 6.45) is 1.54. The summed E-state index contributed by atoms with van der Waals surface area (Å²) >= 11 is 0. The predicted molar refractivity (Wildman–Crippen MR) is 124 cm³/mol. The molecular weight excluding hydrogens is 402 g/mol. The average Bonchev–Trinajstić information content (AvgIpc) is 3.28. The summed E-state index contributed by atoms with van der Waals surface area (Å²) in [4.78, 5) is 15.9. The van der Waals surface area contributed by atoms with Crippen LogP contribution in [0.4, 0.5) is 0 Å². The van der Waals surface area contributed by atoms with Gasteiger partial charge in [0.25, 0.3) is 0 Å². The first-order valence-electron chi connectivity index (χ1n) is 10.9. The van der Waals surface area contributed by atoms with Crippen LogP contribution in [0, 0.1) is 0 Å². The smallest absolute Gasteiger partial charge is 0.137 e. The number of aromatic amines is 1. The van der Waals surface area contributed by atoms with Gasteiger partial charge in [0.15, 0.2) is 0 Å². The van der Waals surface area contributed by atoms with Gasteiger partial charge in [-0.05, 0) is 29.0 Å². The van der Waals surface area contributed by atoms with Crippen LogP contribution in [0.15, 0.2) is 66.1 Å². The Morgan fingerprint density at radius 3 is 2.41 bits per heavy atom. The second-order valence-electron chi connectivity index (χ2n) is 9.19. The molecule has 0 bridgehead atoms. The fourth-order valence-electron chi connectivity index (χ4n) is 4.30. The second kappa shape index (κ2) is 9.22. The Morgan fingerprint density at radius 1 is 1.09 bits per heavy atom. The largest absolute Gasteiger partial charge is 0.399 e. The fraction of sp³-hybridized carbons (Fsp3) is 0.400. The number of hydroxylamine groups is 2. The van der Waals surface area contributed by atoms with E-state index in [9.17, 15) is 0 Å². The molecule has 0 saturated carbocycles. The van der Waals surface area contributed by atoms with Crippen LogP contribution < -0.4 is 0 Å². The highest BCUT2D eigenvalue weighted by Crippen LogP contribution is 2.50. The van der Waals surface area contributed by atoms with E-state index in [4.69, 9.17) is 9.68 Å². The first-order chi connectivity index (χ1) is 15.4. The summed E-state index contributed by atoms with van der Waals surface area (Å²) in [5.41, 5.74) is 4.48. The third kappa shape index (κ3) is 4.45. The zero-order valence-corrected chi connectivity index (χ0v) is 19.3. The molecule has 1 aliphatic rings. The Morgan fingerprint density at radius 2 is 1.81 bits per heavy atom. The van der Waals surface area contributed by atoms with E-state index in [0.717, 1.165) is 22.7 Å². The number of benzene rings is 2. The third-order valence-corrected chi connectivity index (χ3v) is 5.98. The summed E-state index contributed by atoms with van der Waals surface area (Å²) in [6, 6.07) is 18.8. The maximum absolute atomic E-state index is 6.37. The van der Waals surface area contributed by atoms with Crippen LogP contribution in [0.5, 0.6) is 0 Å². The van der Waals surface area contributed by atoms with Crippen LogP contribution in [-0.4, -0.2) is 39.1 Å². The zero-order chi connectivity index (χ0) is 22.7. The van der Waals surface area contributed by atoms with Crippen LogP contribution in [0.2, 0.25) is 0 Å². The maximum atomic E-state index is 6.37. The van der Waals surface area contributed by atoms with Crippen molar-refractivity contribution >= 4 is 5.71 Å². The molecule has 168 valence electrons. The van der Waals surface area contributed by atoms with Gasteiger partial charge in [-0.15, -0.1) is 0 Å².